The Morgan fingerprint density at radius 2 is 1.88 bits per heavy atom. The van der Waals surface area contributed by atoms with Crippen molar-refractivity contribution in [1.82, 2.24) is 9.80 Å². The average molecular weight is 399 g/mol. The molecule has 0 radical (unpaired) electrons. The monoisotopic (exact) mass is 398 g/mol. The van der Waals surface area contributed by atoms with Gasteiger partial charge in [0.05, 0.1) is 6.61 Å². The molecule has 0 spiro atoms. The minimum absolute atomic E-state index is 0.224. The van der Waals surface area contributed by atoms with Gasteiger partial charge >= 0.3 is 6.09 Å². The van der Waals surface area contributed by atoms with Crippen molar-refractivity contribution < 1.29 is 14.3 Å². The van der Waals surface area contributed by atoms with E-state index in [2.05, 4.69) is 20.8 Å². The number of carbonyl (C=O) groups is 1. The van der Waals surface area contributed by atoms with Crippen LogP contribution in [0.25, 0.3) is 0 Å². The van der Waals surface area contributed by atoms with Crippen LogP contribution in [0.5, 0.6) is 5.75 Å². The lowest BCUT2D eigenvalue weighted by atomic mass is 10.1. The maximum absolute atomic E-state index is 12.1. The molecule has 2 rings (SSSR count). The zero-order chi connectivity index (χ0) is 17.7. The van der Waals surface area contributed by atoms with E-state index in [-0.39, 0.29) is 6.09 Å². The van der Waals surface area contributed by atoms with Gasteiger partial charge in [-0.15, -0.1) is 0 Å². The number of amides is 1. The zero-order valence-electron chi connectivity index (χ0n) is 15.0. The van der Waals surface area contributed by atoms with E-state index in [1.807, 2.05) is 45.9 Å². The average Bonchev–Trinajstić information content (AvgIpc) is 2.50. The minimum Gasteiger partial charge on any atom is -0.494 e. The van der Waals surface area contributed by atoms with Crippen molar-refractivity contribution in [3.63, 3.8) is 0 Å². The maximum atomic E-state index is 12.1. The first kappa shape index (κ1) is 19.1. The van der Waals surface area contributed by atoms with E-state index in [1.54, 1.807) is 4.90 Å². The topological polar surface area (TPSA) is 42.0 Å². The summed E-state index contributed by atoms with van der Waals surface area (Å²) < 4.78 is 12.2. The second-order valence-corrected chi connectivity index (χ2v) is 7.75. The van der Waals surface area contributed by atoms with Crippen LogP contribution in [0.15, 0.2) is 22.7 Å². The molecular weight excluding hydrogens is 372 g/mol. The predicted molar refractivity (Wildman–Crippen MR) is 98.4 cm³/mol. The van der Waals surface area contributed by atoms with Gasteiger partial charge in [-0.1, -0.05) is 22.0 Å². The zero-order valence-corrected chi connectivity index (χ0v) is 16.6. The molecule has 1 fully saturated rings. The first-order chi connectivity index (χ1) is 11.3. The van der Waals surface area contributed by atoms with Crippen molar-refractivity contribution in [3.05, 3.63) is 28.2 Å². The molecule has 1 heterocycles. The highest BCUT2D eigenvalue weighted by atomic mass is 79.9. The highest BCUT2D eigenvalue weighted by Crippen LogP contribution is 2.28. The third-order valence-electron chi connectivity index (χ3n) is 3.78. The van der Waals surface area contributed by atoms with Crippen molar-refractivity contribution in [2.75, 3.05) is 32.8 Å². The number of piperazine rings is 1. The van der Waals surface area contributed by atoms with Crippen molar-refractivity contribution >= 4 is 22.0 Å². The second kappa shape index (κ2) is 8.21. The molecule has 0 aromatic heterocycles. The molecule has 0 N–H and O–H groups in total. The van der Waals surface area contributed by atoms with Crippen LogP contribution in [0.4, 0.5) is 4.79 Å². The molecule has 0 atom stereocenters. The number of benzene rings is 1. The molecule has 0 saturated carbocycles. The molecule has 1 amide bonds. The summed E-state index contributed by atoms with van der Waals surface area (Å²) in [6, 6.07) is 6.02. The van der Waals surface area contributed by atoms with E-state index in [4.69, 9.17) is 9.47 Å². The summed E-state index contributed by atoms with van der Waals surface area (Å²) in [5.41, 5.74) is 0.709. The maximum Gasteiger partial charge on any atom is 0.410 e. The Kier molecular flexibility index (Phi) is 6.52. The molecule has 1 saturated heterocycles. The summed E-state index contributed by atoms with van der Waals surface area (Å²) in [7, 11) is 0. The lowest BCUT2D eigenvalue weighted by Gasteiger charge is -2.35. The van der Waals surface area contributed by atoms with Crippen LogP contribution in [0.1, 0.15) is 33.3 Å². The van der Waals surface area contributed by atoms with Crippen LogP contribution in [0.3, 0.4) is 0 Å². The largest absolute Gasteiger partial charge is 0.494 e. The molecule has 1 aliphatic rings. The van der Waals surface area contributed by atoms with E-state index >= 15 is 0 Å². The quantitative estimate of drug-likeness (QED) is 0.770. The smallest absolute Gasteiger partial charge is 0.410 e. The Morgan fingerprint density at radius 1 is 1.21 bits per heavy atom. The molecule has 24 heavy (non-hydrogen) atoms. The Bertz CT molecular complexity index is 564. The van der Waals surface area contributed by atoms with Crippen molar-refractivity contribution in [2.45, 2.75) is 39.8 Å². The van der Waals surface area contributed by atoms with E-state index in [0.29, 0.717) is 19.7 Å². The summed E-state index contributed by atoms with van der Waals surface area (Å²) in [5, 5.41) is 0. The van der Waals surface area contributed by atoms with Gasteiger partial charge in [-0.3, -0.25) is 4.90 Å². The van der Waals surface area contributed by atoms with E-state index < -0.39 is 5.60 Å². The number of halogens is 1. The Hall–Kier alpha value is -1.27. The second-order valence-electron chi connectivity index (χ2n) is 6.89. The van der Waals surface area contributed by atoms with Gasteiger partial charge in [0.15, 0.2) is 0 Å². The van der Waals surface area contributed by atoms with Gasteiger partial charge in [-0.2, -0.15) is 0 Å². The number of hydrogen-bond donors (Lipinski definition) is 0. The van der Waals surface area contributed by atoms with Crippen molar-refractivity contribution in [3.8, 4) is 5.75 Å². The Balaban J connectivity index is 1.93. The highest BCUT2D eigenvalue weighted by Gasteiger charge is 2.26. The fourth-order valence-corrected chi connectivity index (χ4v) is 3.10. The first-order valence-electron chi connectivity index (χ1n) is 8.40. The van der Waals surface area contributed by atoms with E-state index in [0.717, 1.165) is 35.4 Å². The number of hydrogen-bond acceptors (Lipinski definition) is 4. The summed E-state index contributed by atoms with van der Waals surface area (Å²) >= 11 is 3.62. The van der Waals surface area contributed by atoms with Gasteiger partial charge in [-0.25, -0.2) is 4.79 Å². The summed E-state index contributed by atoms with van der Waals surface area (Å²) in [5.74, 6) is 0.918. The summed E-state index contributed by atoms with van der Waals surface area (Å²) in [6.45, 7) is 12.1. The first-order valence-corrected chi connectivity index (χ1v) is 9.20. The minimum atomic E-state index is -0.449. The molecule has 1 aromatic rings. The highest BCUT2D eigenvalue weighted by molar-refractivity contribution is 9.10. The molecule has 6 heteroatoms. The summed E-state index contributed by atoms with van der Waals surface area (Å²) in [4.78, 5) is 16.2. The number of rotatable bonds is 4. The fourth-order valence-electron chi connectivity index (χ4n) is 2.62. The Labute approximate surface area is 153 Å². The van der Waals surface area contributed by atoms with Gasteiger partial charge in [0.25, 0.3) is 0 Å². The van der Waals surface area contributed by atoms with Gasteiger partial charge in [-0.05, 0) is 39.8 Å². The van der Waals surface area contributed by atoms with E-state index in [9.17, 15) is 4.79 Å². The van der Waals surface area contributed by atoms with Gasteiger partial charge in [0.1, 0.15) is 11.4 Å². The van der Waals surface area contributed by atoms with Crippen LogP contribution in [-0.4, -0.2) is 54.3 Å². The van der Waals surface area contributed by atoms with Crippen LogP contribution in [-0.2, 0) is 11.3 Å². The predicted octanol–water partition coefficient (Wildman–Crippen LogP) is 3.90. The molecule has 1 aliphatic heterocycles. The van der Waals surface area contributed by atoms with Crippen molar-refractivity contribution in [2.24, 2.45) is 0 Å². The lowest BCUT2D eigenvalue weighted by molar-refractivity contribution is 0.0138. The molecule has 0 unspecified atom stereocenters. The number of carbonyl (C=O) groups excluding carboxylic acids is 1. The van der Waals surface area contributed by atoms with E-state index in [1.165, 1.54) is 0 Å². The van der Waals surface area contributed by atoms with Crippen molar-refractivity contribution in [1.29, 1.82) is 0 Å². The van der Waals surface area contributed by atoms with Crippen LogP contribution in [0, 0.1) is 0 Å². The molecular formula is C18H27BrN2O3. The van der Waals surface area contributed by atoms with Gasteiger partial charge in [0, 0.05) is 42.8 Å². The number of nitrogens with zero attached hydrogens (tertiary/aromatic N) is 2. The molecule has 0 aliphatic carbocycles. The molecule has 0 bridgehead atoms. The van der Waals surface area contributed by atoms with Crippen LogP contribution < -0.4 is 4.74 Å². The summed E-state index contributed by atoms with van der Waals surface area (Å²) in [6.07, 6.45) is -0.224. The Morgan fingerprint density at radius 3 is 2.46 bits per heavy atom. The van der Waals surface area contributed by atoms with Crippen LogP contribution >= 0.6 is 15.9 Å². The van der Waals surface area contributed by atoms with Crippen LogP contribution in [0.2, 0.25) is 0 Å². The molecule has 5 nitrogen and oxygen atoms in total. The normalized spacial score (nSPS) is 16.1. The standard InChI is InChI=1S/C18H27BrN2O3/c1-5-23-16-8-6-7-15(19)14(16)13-20-9-11-21(12-10-20)17(22)24-18(2,3)4/h6-8H,5,9-13H2,1-4H3. The third kappa shape index (κ3) is 5.38. The molecule has 1 aromatic carbocycles. The van der Waals surface area contributed by atoms with Gasteiger partial charge in [0.2, 0.25) is 0 Å². The fraction of sp³-hybridized carbons (Fsp3) is 0.611. The SMILES string of the molecule is CCOc1cccc(Br)c1CN1CCN(C(=O)OC(C)(C)C)CC1. The third-order valence-corrected chi connectivity index (χ3v) is 4.52. The molecule has 134 valence electrons. The lowest BCUT2D eigenvalue weighted by Crippen LogP contribution is -2.49. The number of ether oxygens (including phenoxy) is 2. The van der Waals surface area contributed by atoms with Gasteiger partial charge < -0.3 is 14.4 Å².